The Kier molecular flexibility index (Phi) is 12.3. The van der Waals surface area contributed by atoms with Crippen molar-refractivity contribution >= 4 is 11.9 Å². The Morgan fingerprint density at radius 3 is 2.38 bits per heavy atom. The number of carbonyl (C=O) groups is 2. The summed E-state index contributed by atoms with van der Waals surface area (Å²) in [5, 5.41) is 2.64. The molecule has 1 amide bonds. The number of unbranched alkanes of at least 4 members (excludes halogenated alkanes) is 1. The van der Waals surface area contributed by atoms with E-state index in [1.165, 1.54) is 50.9 Å². The van der Waals surface area contributed by atoms with Gasteiger partial charge in [0.05, 0.1) is 0 Å². The van der Waals surface area contributed by atoms with E-state index >= 15 is 0 Å². The molecule has 0 spiro atoms. The van der Waals surface area contributed by atoms with Crippen LogP contribution in [-0.2, 0) is 27.4 Å². The lowest BCUT2D eigenvalue weighted by Crippen LogP contribution is -2.27. The fraction of sp³-hybridized carbons (Fsp3) is 0.667. The van der Waals surface area contributed by atoms with Gasteiger partial charge < -0.3 is 15.0 Å². The topological polar surface area (TPSA) is 58.6 Å². The number of nitrogens with one attached hydrogen (secondary N) is 1. The van der Waals surface area contributed by atoms with E-state index in [0.717, 1.165) is 18.4 Å². The summed E-state index contributed by atoms with van der Waals surface area (Å²) in [7, 11) is 1.63. The van der Waals surface area contributed by atoms with Gasteiger partial charge in [0, 0.05) is 19.4 Å². The van der Waals surface area contributed by atoms with Crippen molar-refractivity contribution in [3.8, 4) is 0 Å². The number of likely N-dealkylation sites (tertiary alicyclic amines) is 1. The van der Waals surface area contributed by atoms with Gasteiger partial charge in [0.1, 0.15) is 6.61 Å². The first-order valence-corrected chi connectivity index (χ1v) is 10.8. The maximum Gasteiger partial charge on any atom is 0.306 e. The number of benzene rings is 1. The van der Waals surface area contributed by atoms with Crippen LogP contribution in [0.15, 0.2) is 24.3 Å². The molecule has 1 aromatic carbocycles. The third kappa shape index (κ3) is 9.44. The maximum absolute atomic E-state index is 11.9. The average molecular weight is 405 g/mol. The van der Waals surface area contributed by atoms with Gasteiger partial charge in [-0.05, 0) is 75.7 Å². The Balaban J connectivity index is 0.00000420. The van der Waals surface area contributed by atoms with Crippen LogP contribution in [0.25, 0.3) is 0 Å². The average Bonchev–Trinajstić information content (AvgIpc) is 3.24. The molecule has 1 heterocycles. The summed E-state index contributed by atoms with van der Waals surface area (Å²) in [6, 6.07) is 8.36. The standard InChI is InChI=1S/C23H36N2O3.CH4/c1-3-21(23(27)24-2)13-14-22(26)28-18-20-11-9-19(10-12-20)8-4-5-15-25-16-6-7-17-25;/h9-12,21H,3-8,13-18H2,1-2H3,(H,24,27);1H4/t21-;/m0./s1. The number of carbonyl (C=O) groups excluding carboxylic acids is 2. The van der Waals surface area contributed by atoms with Crippen LogP contribution in [0.2, 0.25) is 0 Å². The van der Waals surface area contributed by atoms with Gasteiger partial charge in [-0.25, -0.2) is 0 Å². The number of rotatable bonds is 12. The molecule has 1 aliphatic heterocycles. The molecule has 0 aromatic heterocycles. The molecular weight excluding hydrogens is 364 g/mol. The van der Waals surface area contributed by atoms with Gasteiger partial charge in [-0.15, -0.1) is 0 Å². The van der Waals surface area contributed by atoms with Crippen LogP contribution in [0.5, 0.6) is 0 Å². The summed E-state index contributed by atoms with van der Waals surface area (Å²) in [6.07, 6.45) is 7.84. The van der Waals surface area contributed by atoms with Crippen molar-refractivity contribution in [3.05, 3.63) is 35.4 Å². The fourth-order valence-electron chi connectivity index (χ4n) is 3.73. The van der Waals surface area contributed by atoms with Crippen LogP contribution in [0.4, 0.5) is 0 Å². The second-order valence-corrected chi connectivity index (χ2v) is 7.74. The summed E-state index contributed by atoms with van der Waals surface area (Å²) < 4.78 is 5.36. The largest absolute Gasteiger partial charge is 0.461 e. The maximum atomic E-state index is 11.9. The minimum atomic E-state index is -0.242. The monoisotopic (exact) mass is 404 g/mol. The molecule has 0 radical (unpaired) electrons. The van der Waals surface area contributed by atoms with Crippen molar-refractivity contribution in [2.45, 2.75) is 72.3 Å². The lowest BCUT2D eigenvalue weighted by Gasteiger charge is -2.14. The molecule has 5 heteroatoms. The third-order valence-corrected chi connectivity index (χ3v) is 5.62. The van der Waals surface area contributed by atoms with Gasteiger partial charge in [0.15, 0.2) is 0 Å². The quantitative estimate of drug-likeness (QED) is 0.416. The van der Waals surface area contributed by atoms with E-state index in [-0.39, 0.29) is 31.6 Å². The highest BCUT2D eigenvalue weighted by atomic mass is 16.5. The fourth-order valence-corrected chi connectivity index (χ4v) is 3.73. The Morgan fingerprint density at radius 1 is 1.10 bits per heavy atom. The normalized spacial score (nSPS) is 14.8. The second kappa shape index (κ2) is 14.2. The number of nitrogens with zero attached hydrogens (tertiary/aromatic N) is 1. The molecule has 0 bridgehead atoms. The molecular formula is C24H40N2O3. The number of esters is 1. The van der Waals surface area contributed by atoms with Crippen LogP contribution >= 0.6 is 0 Å². The summed E-state index contributed by atoms with van der Waals surface area (Å²) in [5.74, 6) is -0.373. The van der Waals surface area contributed by atoms with Gasteiger partial charge in [-0.3, -0.25) is 9.59 Å². The van der Waals surface area contributed by atoms with Crippen LogP contribution in [-0.4, -0.2) is 43.5 Å². The Morgan fingerprint density at radius 2 is 1.76 bits per heavy atom. The number of ether oxygens (including phenoxy) is 1. The van der Waals surface area contributed by atoms with E-state index in [0.29, 0.717) is 13.0 Å². The SMILES string of the molecule is C.CC[C@@H](CCC(=O)OCc1ccc(CCCCN2CCCC2)cc1)C(=O)NC. The van der Waals surface area contributed by atoms with E-state index in [9.17, 15) is 9.59 Å². The highest BCUT2D eigenvalue weighted by molar-refractivity contribution is 5.79. The van der Waals surface area contributed by atoms with E-state index in [2.05, 4.69) is 22.3 Å². The minimum Gasteiger partial charge on any atom is -0.461 e. The zero-order chi connectivity index (χ0) is 20.2. The van der Waals surface area contributed by atoms with Gasteiger partial charge in [-0.2, -0.15) is 0 Å². The van der Waals surface area contributed by atoms with Gasteiger partial charge in [-0.1, -0.05) is 38.6 Å². The molecule has 164 valence electrons. The molecule has 1 fully saturated rings. The molecule has 1 aromatic rings. The summed E-state index contributed by atoms with van der Waals surface area (Å²) in [6.45, 7) is 6.04. The molecule has 0 unspecified atom stereocenters. The van der Waals surface area contributed by atoms with Crippen molar-refractivity contribution in [2.75, 3.05) is 26.7 Å². The third-order valence-electron chi connectivity index (χ3n) is 5.62. The Bertz CT molecular complexity index is 595. The highest BCUT2D eigenvalue weighted by Crippen LogP contribution is 2.14. The molecule has 1 atom stereocenters. The van der Waals surface area contributed by atoms with Gasteiger partial charge in [0.2, 0.25) is 5.91 Å². The van der Waals surface area contributed by atoms with E-state index in [1.54, 1.807) is 7.05 Å². The van der Waals surface area contributed by atoms with Gasteiger partial charge in [0.25, 0.3) is 0 Å². The second-order valence-electron chi connectivity index (χ2n) is 7.74. The smallest absolute Gasteiger partial charge is 0.306 e. The van der Waals surface area contributed by atoms with Crippen LogP contribution in [0, 0.1) is 5.92 Å². The summed E-state index contributed by atoms with van der Waals surface area (Å²) >= 11 is 0. The molecule has 0 saturated carbocycles. The highest BCUT2D eigenvalue weighted by Gasteiger charge is 2.17. The zero-order valence-electron chi connectivity index (χ0n) is 17.5. The zero-order valence-corrected chi connectivity index (χ0v) is 17.5. The number of hydrogen-bond acceptors (Lipinski definition) is 4. The first kappa shape index (κ1) is 25.2. The van der Waals surface area contributed by atoms with Crippen molar-refractivity contribution < 1.29 is 14.3 Å². The van der Waals surface area contributed by atoms with Crippen LogP contribution in [0.3, 0.4) is 0 Å². The lowest BCUT2D eigenvalue weighted by molar-refractivity contribution is -0.145. The van der Waals surface area contributed by atoms with Gasteiger partial charge >= 0.3 is 5.97 Å². The van der Waals surface area contributed by atoms with E-state index < -0.39 is 0 Å². The first-order chi connectivity index (χ1) is 13.6. The van der Waals surface area contributed by atoms with Crippen molar-refractivity contribution in [3.63, 3.8) is 0 Å². The summed E-state index contributed by atoms with van der Waals surface area (Å²) in [4.78, 5) is 26.2. The van der Waals surface area contributed by atoms with E-state index in [1.807, 2.05) is 19.1 Å². The Labute approximate surface area is 177 Å². The predicted octanol–water partition coefficient (Wildman–Crippen LogP) is 4.34. The number of amides is 1. The van der Waals surface area contributed by atoms with Crippen molar-refractivity contribution in [1.82, 2.24) is 10.2 Å². The van der Waals surface area contributed by atoms with Crippen molar-refractivity contribution in [2.24, 2.45) is 5.92 Å². The minimum absolute atomic E-state index is 0. The number of aryl methyl sites for hydroxylation is 1. The predicted molar refractivity (Wildman–Crippen MR) is 119 cm³/mol. The molecule has 1 aliphatic rings. The van der Waals surface area contributed by atoms with Crippen molar-refractivity contribution in [1.29, 1.82) is 0 Å². The molecule has 5 nitrogen and oxygen atoms in total. The Hall–Kier alpha value is -1.88. The first-order valence-electron chi connectivity index (χ1n) is 10.8. The molecule has 0 aliphatic carbocycles. The molecule has 1 N–H and O–H groups in total. The molecule has 1 saturated heterocycles. The number of hydrogen-bond donors (Lipinski definition) is 1. The van der Waals surface area contributed by atoms with Crippen LogP contribution in [0.1, 0.15) is 70.4 Å². The molecule has 29 heavy (non-hydrogen) atoms. The lowest BCUT2D eigenvalue weighted by atomic mass is 9.99. The van der Waals surface area contributed by atoms with E-state index in [4.69, 9.17) is 4.74 Å². The summed E-state index contributed by atoms with van der Waals surface area (Å²) in [5.41, 5.74) is 2.35. The van der Waals surface area contributed by atoms with Crippen LogP contribution < -0.4 is 5.32 Å². The molecule has 2 rings (SSSR count).